The van der Waals surface area contributed by atoms with E-state index in [0.29, 0.717) is 19.6 Å². The maximum Gasteiger partial charge on any atom is 0.410 e. The zero-order chi connectivity index (χ0) is 10.1. The molecule has 4 heteroatoms. The van der Waals surface area contributed by atoms with Crippen molar-refractivity contribution in [2.75, 3.05) is 13.2 Å². The lowest BCUT2D eigenvalue weighted by Crippen LogP contribution is -2.45. The van der Waals surface area contributed by atoms with Crippen molar-refractivity contribution >= 4 is 11.9 Å². The van der Waals surface area contributed by atoms with Gasteiger partial charge in [-0.05, 0) is 20.8 Å². The fourth-order valence-corrected chi connectivity index (χ4v) is 1.65. The molecule has 0 aliphatic carbocycles. The van der Waals surface area contributed by atoms with Crippen LogP contribution in [0.3, 0.4) is 0 Å². The molecule has 0 N–H and O–H groups in total. The van der Waals surface area contributed by atoms with Gasteiger partial charge in [0.15, 0.2) is 0 Å². The van der Waals surface area contributed by atoms with Crippen LogP contribution in [0.2, 0.25) is 0 Å². The third kappa shape index (κ3) is 2.20. The monoisotopic (exact) mass is 185 g/mol. The minimum Gasteiger partial charge on any atom is -0.448 e. The van der Waals surface area contributed by atoms with Gasteiger partial charge in [-0.15, -0.1) is 0 Å². The van der Waals surface area contributed by atoms with Gasteiger partial charge in [0.05, 0.1) is 6.54 Å². The highest BCUT2D eigenvalue weighted by Gasteiger charge is 2.36. The van der Waals surface area contributed by atoms with E-state index in [1.54, 1.807) is 4.90 Å². The number of Topliss-reactive ketones (excluding diaryl/α,β-unsaturated/α-hetero) is 1. The zero-order valence-electron chi connectivity index (χ0n) is 8.29. The molecule has 1 heterocycles. The van der Waals surface area contributed by atoms with Crippen LogP contribution in [-0.4, -0.2) is 35.5 Å². The van der Waals surface area contributed by atoms with Crippen molar-refractivity contribution in [3.8, 4) is 0 Å². The van der Waals surface area contributed by atoms with Crippen molar-refractivity contribution in [3.63, 3.8) is 0 Å². The van der Waals surface area contributed by atoms with Crippen LogP contribution in [0.1, 0.15) is 27.2 Å². The van der Waals surface area contributed by atoms with Crippen LogP contribution in [0.25, 0.3) is 0 Å². The van der Waals surface area contributed by atoms with Gasteiger partial charge in [-0.2, -0.15) is 0 Å². The van der Waals surface area contributed by atoms with E-state index in [1.165, 1.54) is 6.92 Å². The smallest absolute Gasteiger partial charge is 0.410 e. The Morgan fingerprint density at radius 2 is 2.23 bits per heavy atom. The van der Waals surface area contributed by atoms with Crippen LogP contribution in [0.4, 0.5) is 4.79 Å². The summed E-state index contributed by atoms with van der Waals surface area (Å²) in [5.74, 6) is 0.0877. The van der Waals surface area contributed by atoms with Crippen molar-refractivity contribution in [1.82, 2.24) is 4.90 Å². The molecule has 1 aliphatic heterocycles. The first kappa shape index (κ1) is 10.0. The molecule has 13 heavy (non-hydrogen) atoms. The van der Waals surface area contributed by atoms with Crippen molar-refractivity contribution < 1.29 is 14.3 Å². The Labute approximate surface area is 77.8 Å². The van der Waals surface area contributed by atoms with Gasteiger partial charge in [-0.3, -0.25) is 9.69 Å². The number of hydrogen-bond donors (Lipinski definition) is 0. The first-order chi connectivity index (χ1) is 5.93. The van der Waals surface area contributed by atoms with E-state index >= 15 is 0 Å². The summed E-state index contributed by atoms with van der Waals surface area (Å²) in [5.41, 5.74) is -0.417. The first-order valence-electron chi connectivity index (χ1n) is 4.37. The Balaban J connectivity index is 2.67. The Morgan fingerprint density at radius 1 is 1.62 bits per heavy atom. The van der Waals surface area contributed by atoms with Crippen molar-refractivity contribution in [2.45, 2.75) is 32.7 Å². The molecule has 0 spiro atoms. The minimum atomic E-state index is -0.417. The number of cyclic esters (lactones) is 1. The molecule has 1 amide bonds. The van der Waals surface area contributed by atoms with Crippen LogP contribution < -0.4 is 0 Å². The molecule has 1 rings (SSSR count). The summed E-state index contributed by atoms with van der Waals surface area (Å²) in [6.07, 6.45) is 0.0634. The summed E-state index contributed by atoms with van der Waals surface area (Å²) in [6, 6.07) is 0. The van der Waals surface area contributed by atoms with E-state index in [4.69, 9.17) is 4.74 Å². The third-order valence-corrected chi connectivity index (χ3v) is 2.17. The summed E-state index contributed by atoms with van der Waals surface area (Å²) >= 11 is 0. The van der Waals surface area contributed by atoms with E-state index < -0.39 is 5.54 Å². The lowest BCUT2D eigenvalue weighted by atomic mass is 9.96. The Morgan fingerprint density at radius 3 is 2.62 bits per heavy atom. The molecule has 0 aromatic heterocycles. The van der Waals surface area contributed by atoms with Crippen LogP contribution in [-0.2, 0) is 9.53 Å². The number of nitrogens with zero attached hydrogens (tertiary/aromatic N) is 1. The summed E-state index contributed by atoms with van der Waals surface area (Å²) in [4.78, 5) is 23.7. The second-order valence-corrected chi connectivity index (χ2v) is 3.96. The Bertz CT molecular complexity index is 235. The molecule has 74 valence electrons. The summed E-state index contributed by atoms with van der Waals surface area (Å²) in [7, 11) is 0. The Kier molecular flexibility index (Phi) is 2.59. The predicted molar refractivity (Wildman–Crippen MR) is 47.4 cm³/mol. The predicted octanol–water partition coefficient (Wildman–Crippen LogP) is 1.20. The van der Waals surface area contributed by atoms with E-state index in [1.807, 2.05) is 13.8 Å². The van der Waals surface area contributed by atoms with Crippen LogP contribution in [0.5, 0.6) is 0 Å². The van der Waals surface area contributed by atoms with Gasteiger partial charge in [0.25, 0.3) is 0 Å². The second kappa shape index (κ2) is 3.36. The number of hydrogen-bond acceptors (Lipinski definition) is 3. The van der Waals surface area contributed by atoms with Gasteiger partial charge in [-0.25, -0.2) is 4.79 Å². The zero-order valence-corrected chi connectivity index (χ0v) is 8.29. The fourth-order valence-electron chi connectivity index (χ4n) is 1.65. The van der Waals surface area contributed by atoms with E-state index in [9.17, 15) is 9.59 Å². The molecule has 0 aromatic carbocycles. The molecule has 4 nitrogen and oxygen atoms in total. The first-order valence-corrected chi connectivity index (χ1v) is 4.37. The van der Waals surface area contributed by atoms with Crippen LogP contribution in [0, 0.1) is 0 Å². The number of ketones is 1. The Hall–Kier alpha value is -1.06. The lowest BCUT2D eigenvalue weighted by Gasteiger charge is -2.32. The summed E-state index contributed by atoms with van der Waals surface area (Å²) in [6.45, 7) is 6.30. The van der Waals surface area contributed by atoms with Crippen molar-refractivity contribution in [2.24, 2.45) is 0 Å². The number of carbonyl (C=O) groups is 2. The highest BCUT2D eigenvalue weighted by Crippen LogP contribution is 2.22. The highest BCUT2D eigenvalue weighted by molar-refractivity contribution is 5.78. The molecule has 0 bridgehead atoms. The van der Waals surface area contributed by atoms with Gasteiger partial charge < -0.3 is 4.74 Å². The molecule has 0 unspecified atom stereocenters. The SMILES string of the molecule is CC(=O)CC(C)(C)N1CCOC1=O. The maximum atomic E-state index is 11.2. The molecule has 0 atom stereocenters. The fraction of sp³-hybridized carbons (Fsp3) is 0.778. The molecule has 1 saturated heterocycles. The van der Waals surface area contributed by atoms with E-state index in [-0.39, 0.29) is 11.9 Å². The van der Waals surface area contributed by atoms with Gasteiger partial charge in [0.1, 0.15) is 12.4 Å². The molecule has 0 radical (unpaired) electrons. The minimum absolute atomic E-state index is 0.0877. The largest absolute Gasteiger partial charge is 0.448 e. The highest BCUT2D eigenvalue weighted by atomic mass is 16.6. The molecule has 1 aliphatic rings. The van der Waals surface area contributed by atoms with Crippen molar-refractivity contribution in [1.29, 1.82) is 0 Å². The maximum absolute atomic E-state index is 11.2. The van der Waals surface area contributed by atoms with Crippen molar-refractivity contribution in [3.05, 3.63) is 0 Å². The number of ether oxygens (including phenoxy) is 1. The normalized spacial score (nSPS) is 17.5. The molecular formula is C9H15NO3. The van der Waals surface area contributed by atoms with Crippen LogP contribution >= 0.6 is 0 Å². The third-order valence-electron chi connectivity index (χ3n) is 2.17. The molecule has 0 aromatic rings. The van der Waals surface area contributed by atoms with Crippen LogP contribution in [0.15, 0.2) is 0 Å². The van der Waals surface area contributed by atoms with Gasteiger partial charge >= 0.3 is 6.09 Å². The number of carbonyl (C=O) groups excluding carboxylic acids is 2. The topological polar surface area (TPSA) is 46.6 Å². The standard InChI is InChI=1S/C9H15NO3/c1-7(11)6-9(2,3)10-4-5-13-8(10)12/h4-6H2,1-3H3. The molecule has 1 fully saturated rings. The number of rotatable bonds is 3. The average Bonchev–Trinajstić information content (AvgIpc) is 2.32. The van der Waals surface area contributed by atoms with Gasteiger partial charge in [0.2, 0.25) is 0 Å². The lowest BCUT2D eigenvalue weighted by molar-refractivity contribution is -0.118. The number of amides is 1. The summed E-state index contributed by atoms with van der Waals surface area (Å²) in [5, 5.41) is 0. The molecular weight excluding hydrogens is 170 g/mol. The summed E-state index contributed by atoms with van der Waals surface area (Å²) < 4.78 is 4.81. The quantitative estimate of drug-likeness (QED) is 0.663. The average molecular weight is 185 g/mol. The van der Waals surface area contributed by atoms with E-state index in [2.05, 4.69) is 0 Å². The molecule has 0 saturated carbocycles. The van der Waals surface area contributed by atoms with E-state index in [0.717, 1.165) is 0 Å². The van der Waals surface area contributed by atoms with Gasteiger partial charge in [-0.1, -0.05) is 0 Å². The second-order valence-electron chi connectivity index (χ2n) is 3.96. The van der Waals surface area contributed by atoms with Gasteiger partial charge in [0, 0.05) is 12.0 Å².